The normalized spacial score (nSPS) is 13.1. The first kappa shape index (κ1) is 16.4. The lowest BCUT2D eigenvalue weighted by Crippen LogP contribution is -1.97. The van der Waals surface area contributed by atoms with E-state index in [-0.39, 0.29) is 11.3 Å². The lowest BCUT2D eigenvalue weighted by atomic mass is 10.1. The van der Waals surface area contributed by atoms with Gasteiger partial charge in [-0.1, -0.05) is 35.6 Å². The summed E-state index contributed by atoms with van der Waals surface area (Å²) >= 11 is 1.54. The number of benzene rings is 1. The van der Waals surface area contributed by atoms with E-state index in [1.807, 2.05) is 31.4 Å². The molecule has 0 aliphatic carbocycles. The Morgan fingerprint density at radius 1 is 1.30 bits per heavy atom. The molecule has 0 bridgehead atoms. The summed E-state index contributed by atoms with van der Waals surface area (Å²) in [6, 6.07) is 4.55. The topological polar surface area (TPSA) is 29.4 Å². The Morgan fingerprint density at radius 2 is 2.00 bits per heavy atom. The Bertz CT molecular complexity index is 588. The van der Waals surface area contributed by atoms with Gasteiger partial charge >= 0.3 is 0 Å². The number of halogens is 1. The molecule has 0 atom stereocenters. The summed E-state index contributed by atoms with van der Waals surface area (Å²) in [5, 5.41) is 2.93. The Balaban J connectivity index is 2.88. The number of carbonyl (C=O) groups excluding carboxylic acids is 1. The minimum atomic E-state index is -0.479. The van der Waals surface area contributed by atoms with Crippen LogP contribution in [0.4, 0.5) is 4.39 Å². The maximum absolute atomic E-state index is 13.4. The Labute approximate surface area is 123 Å². The number of thioether (sulfide) groups is 1. The number of nitrogens with zero attached hydrogens (tertiary/aromatic N) is 1. The minimum Gasteiger partial charge on any atom is -0.294 e. The van der Waals surface area contributed by atoms with Crippen LogP contribution in [-0.2, 0) is 0 Å². The summed E-state index contributed by atoms with van der Waals surface area (Å²) in [7, 11) is 1.75. The maximum Gasteiger partial charge on any atom is 0.162 e. The van der Waals surface area contributed by atoms with E-state index in [1.54, 1.807) is 30.9 Å². The molecule has 0 spiro atoms. The monoisotopic (exact) mass is 291 g/mol. The maximum atomic E-state index is 13.4. The number of hydrogen-bond acceptors (Lipinski definition) is 3. The number of hydrogen-bond donors (Lipinski definition) is 0. The van der Waals surface area contributed by atoms with Gasteiger partial charge in [-0.15, -0.1) is 0 Å². The quantitative estimate of drug-likeness (QED) is 0.347. The van der Waals surface area contributed by atoms with Crippen molar-refractivity contribution in [1.29, 1.82) is 0 Å². The number of carbonyl (C=O) groups is 1. The molecule has 0 saturated carbocycles. The van der Waals surface area contributed by atoms with Crippen LogP contribution in [0.2, 0.25) is 0 Å². The van der Waals surface area contributed by atoms with Crippen molar-refractivity contribution < 1.29 is 9.18 Å². The van der Waals surface area contributed by atoms with Crippen LogP contribution in [0, 0.1) is 5.82 Å². The van der Waals surface area contributed by atoms with Gasteiger partial charge in [0.1, 0.15) is 5.82 Å². The zero-order valence-electron chi connectivity index (χ0n) is 12.1. The second kappa shape index (κ2) is 7.80. The molecule has 0 amide bonds. The molecule has 0 saturated heterocycles. The SMILES string of the molecule is C/N=C(/C)S/C=C/C(C)=C/c1ccc(F)c(C(C)=O)c1. The molecule has 106 valence electrons. The minimum absolute atomic E-state index is 0.124. The molecule has 1 aromatic rings. The average Bonchev–Trinajstić information content (AvgIpc) is 2.40. The van der Waals surface area contributed by atoms with E-state index in [4.69, 9.17) is 0 Å². The fraction of sp³-hybridized carbons (Fsp3) is 0.250. The molecule has 1 aromatic carbocycles. The van der Waals surface area contributed by atoms with Gasteiger partial charge in [-0.25, -0.2) is 4.39 Å². The number of rotatable bonds is 4. The highest BCUT2D eigenvalue weighted by atomic mass is 32.2. The molecule has 0 aliphatic heterocycles. The van der Waals surface area contributed by atoms with Crippen molar-refractivity contribution in [2.45, 2.75) is 20.8 Å². The highest BCUT2D eigenvalue weighted by Gasteiger charge is 2.06. The fourth-order valence-corrected chi connectivity index (χ4v) is 2.09. The van der Waals surface area contributed by atoms with Crippen LogP contribution in [0.15, 0.2) is 40.2 Å². The summed E-state index contributed by atoms with van der Waals surface area (Å²) < 4.78 is 13.4. The molecular weight excluding hydrogens is 273 g/mol. The van der Waals surface area contributed by atoms with Crippen molar-refractivity contribution in [3.05, 3.63) is 52.2 Å². The van der Waals surface area contributed by atoms with Crippen LogP contribution < -0.4 is 0 Å². The van der Waals surface area contributed by atoms with E-state index in [1.165, 1.54) is 13.0 Å². The van der Waals surface area contributed by atoms with E-state index in [0.29, 0.717) is 0 Å². The Hall–Kier alpha value is -1.68. The van der Waals surface area contributed by atoms with Gasteiger partial charge in [-0.3, -0.25) is 9.79 Å². The number of ketones is 1. The van der Waals surface area contributed by atoms with Crippen molar-refractivity contribution >= 4 is 28.7 Å². The van der Waals surface area contributed by atoms with Crippen LogP contribution >= 0.6 is 11.8 Å². The lowest BCUT2D eigenvalue weighted by Gasteiger charge is -2.01. The first-order valence-electron chi connectivity index (χ1n) is 6.19. The molecule has 0 fully saturated rings. The van der Waals surface area contributed by atoms with Gasteiger partial charge in [-0.2, -0.15) is 0 Å². The number of Topliss-reactive ketones (excluding diaryl/α,β-unsaturated/α-hetero) is 1. The predicted molar refractivity (Wildman–Crippen MR) is 85.8 cm³/mol. The largest absolute Gasteiger partial charge is 0.294 e. The van der Waals surface area contributed by atoms with E-state index in [2.05, 4.69) is 4.99 Å². The van der Waals surface area contributed by atoms with Gasteiger partial charge in [0.15, 0.2) is 5.78 Å². The zero-order valence-corrected chi connectivity index (χ0v) is 12.9. The third-order valence-corrected chi connectivity index (χ3v) is 3.44. The molecule has 1 rings (SSSR count). The van der Waals surface area contributed by atoms with Crippen LogP contribution in [0.3, 0.4) is 0 Å². The average molecular weight is 291 g/mol. The second-order valence-corrected chi connectivity index (χ2v) is 5.45. The fourth-order valence-electron chi connectivity index (χ4n) is 1.51. The molecule has 0 N–H and O–H groups in total. The molecule has 20 heavy (non-hydrogen) atoms. The standard InChI is InChI=1S/C16H18FNOS/c1-11(7-8-20-13(3)18-4)9-14-5-6-16(17)15(10-14)12(2)19/h5-10H,1-4H3/b8-7+,11-9+,18-13-. The highest BCUT2D eigenvalue weighted by Crippen LogP contribution is 2.15. The van der Waals surface area contributed by atoms with Crippen molar-refractivity contribution in [1.82, 2.24) is 0 Å². The van der Waals surface area contributed by atoms with Gasteiger partial charge in [0.2, 0.25) is 0 Å². The Morgan fingerprint density at radius 3 is 2.60 bits per heavy atom. The van der Waals surface area contributed by atoms with Gasteiger partial charge in [0, 0.05) is 7.05 Å². The van der Waals surface area contributed by atoms with E-state index < -0.39 is 5.82 Å². The second-order valence-electron chi connectivity index (χ2n) is 4.35. The summed E-state index contributed by atoms with van der Waals surface area (Å²) in [6.07, 6.45) is 3.86. The van der Waals surface area contributed by atoms with Gasteiger partial charge in [0.25, 0.3) is 0 Å². The van der Waals surface area contributed by atoms with Gasteiger partial charge < -0.3 is 0 Å². The molecule has 4 heteroatoms. The first-order valence-corrected chi connectivity index (χ1v) is 7.07. The van der Waals surface area contributed by atoms with E-state index in [0.717, 1.165) is 16.2 Å². The lowest BCUT2D eigenvalue weighted by molar-refractivity contribution is 0.101. The molecule has 0 heterocycles. The molecule has 0 aliphatic rings. The van der Waals surface area contributed by atoms with Gasteiger partial charge in [-0.05, 0) is 43.9 Å². The molecule has 0 radical (unpaired) electrons. The highest BCUT2D eigenvalue weighted by molar-refractivity contribution is 8.16. The number of allylic oxidation sites excluding steroid dienone is 2. The van der Waals surface area contributed by atoms with Crippen molar-refractivity contribution in [2.24, 2.45) is 4.99 Å². The first-order chi connectivity index (χ1) is 9.43. The third kappa shape index (κ3) is 5.13. The van der Waals surface area contributed by atoms with Crippen LogP contribution in [0.5, 0.6) is 0 Å². The molecule has 0 unspecified atom stereocenters. The smallest absolute Gasteiger partial charge is 0.162 e. The molecule has 2 nitrogen and oxygen atoms in total. The molecule has 0 aromatic heterocycles. The Kier molecular flexibility index (Phi) is 6.39. The van der Waals surface area contributed by atoms with Crippen LogP contribution in [0.25, 0.3) is 6.08 Å². The van der Waals surface area contributed by atoms with E-state index in [9.17, 15) is 9.18 Å². The predicted octanol–water partition coefficient (Wildman–Crippen LogP) is 4.73. The van der Waals surface area contributed by atoms with Crippen molar-refractivity contribution in [3.63, 3.8) is 0 Å². The van der Waals surface area contributed by atoms with E-state index >= 15 is 0 Å². The van der Waals surface area contributed by atoms with Gasteiger partial charge in [0.05, 0.1) is 10.6 Å². The van der Waals surface area contributed by atoms with Crippen molar-refractivity contribution in [3.8, 4) is 0 Å². The van der Waals surface area contributed by atoms with Crippen molar-refractivity contribution in [2.75, 3.05) is 7.05 Å². The summed E-state index contributed by atoms with van der Waals surface area (Å²) in [5.74, 6) is -0.746. The van der Waals surface area contributed by atoms with Crippen LogP contribution in [-0.4, -0.2) is 17.9 Å². The third-order valence-electron chi connectivity index (χ3n) is 2.65. The van der Waals surface area contributed by atoms with Crippen LogP contribution in [0.1, 0.15) is 36.7 Å². The molecular formula is C16H18FNOS. The zero-order chi connectivity index (χ0) is 15.1. The number of aliphatic imine (C=N–C) groups is 1. The summed E-state index contributed by atoms with van der Waals surface area (Å²) in [4.78, 5) is 15.3. The summed E-state index contributed by atoms with van der Waals surface area (Å²) in [6.45, 7) is 5.25. The summed E-state index contributed by atoms with van der Waals surface area (Å²) in [5.41, 5.74) is 1.95.